The summed E-state index contributed by atoms with van der Waals surface area (Å²) in [5, 5.41) is 5.84. The molecule has 0 atom stereocenters. The molecule has 0 saturated carbocycles. The average Bonchev–Trinajstić information content (AvgIpc) is 3.43. The van der Waals surface area contributed by atoms with Crippen LogP contribution >= 0.6 is 0 Å². The number of anilines is 1. The lowest BCUT2D eigenvalue weighted by atomic mass is 9.98. The van der Waals surface area contributed by atoms with Gasteiger partial charge in [0.2, 0.25) is 0 Å². The number of ether oxygens (including phenoxy) is 2. The standard InChI is InChI=1S/C27H24N2O5/c1-32-22-12-8-18(9-13-22)25(19-10-14-23(33-2)15-11-19)29-26(30)20-5-3-6-21(17-20)28-27(31)24-7-4-16-34-24/h3-17,25H,1-2H3,(H,28,31)(H,29,30). The van der Waals surface area contributed by atoms with E-state index in [2.05, 4.69) is 10.6 Å². The fraction of sp³-hybridized carbons (Fsp3) is 0.111. The summed E-state index contributed by atoms with van der Waals surface area (Å²) in [6, 6.07) is 24.6. The van der Waals surface area contributed by atoms with E-state index < -0.39 is 11.9 Å². The summed E-state index contributed by atoms with van der Waals surface area (Å²) in [6.07, 6.45) is 1.43. The average molecular weight is 456 g/mol. The predicted molar refractivity (Wildman–Crippen MR) is 128 cm³/mol. The highest BCUT2D eigenvalue weighted by atomic mass is 16.5. The minimum atomic E-state index is -0.411. The fourth-order valence-electron chi connectivity index (χ4n) is 3.50. The summed E-state index contributed by atoms with van der Waals surface area (Å²) in [5.74, 6) is 0.962. The summed E-state index contributed by atoms with van der Waals surface area (Å²) in [4.78, 5) is 25.5. The smallest absolute Gasteiger partial charge is 0.291 e. The molecule has 172 valence electrons. The van der Waals surface area contributed by atoms with Gasteiger partial charge in [0, 0.05) is 11.3 Å². The van der Waals surface area contributed by atoms with Crippen molar-refractivity contribution >= 4 is 17.5 Å². The van der Waals surface area contributed by atoms with E-state index in [1.165, 1.54) is 6.26 Å². The second-order valence-corrected chi connectivity index (χ2v) is 7.47. The third kappa shape index (κ3) is 5.27. The maximum absolute atomic E-state index is 13.2. The van der Waals surface area contributed by atoms with E-state index in [9.17, 15) is 9.59 Å². The Kier molecular flexibility index (Phi) is 6.93. The van der Waals surface area contributed by atoms with Crippen molar-refractivity contribution in [1.29, 1.82) is 0 Å². The molecule has 1 aromatic heterocycles. The predicted octanol–water partition coefficient (Wildman–Crippen LogP) is 5.07. The molecule has 2 amide bonds. The molecular weight excluding hydrogens is 432 g/mol. The first kappa shape index (κ1) is 22.7. The molecule has 0 bridgehead atoms. The molecule has 0 aliphatic heterocycles. The molecule has 0 spiro atoms. The molecule has 4 aromatic rings. The molecule has 0 fully saturated rings. The first-order chi connectivity index (χ1) is 16.6. The van der Waals surface area contributed by atoms with Gasteiger partial charge in [0.1, 0.15) is 11.5 Å². The molecule has 0 aliphatic carbocycles. The van der Waals surface area contributed by atoms with E-state index in [0.29, 0.717) is 11.3 Å². The lowest BCUT2D eigenvalue weighted by molar-refractivity contribution is 0.0941. The zero-order valence-corrected chi connectivity index (χ0v) is 18.8. The largest absolute Gasteiger partial charge is 0.497 e. The van der Waals surface area contributed by atoms with E-state index in [-0.39, 0.29) is 11.7 Å². The van der Waals surface area contributed by atoms with Crippen LogP contribution in [-0.4, -0.2) is 26.0 Å². The number of amides is 2. The van der Waals surface area contributed by atoms with Crippen LogP contribution in [-0.2, 0) is 0 Å². The first-order valence-electron chi connectivity index (χ1n) is 10.6. The van der Waals surface area contributed by atoms with Crippen molar-refractivity contribution in [2.45, 2.75) is 6.04 Å². The van der Waals surface area contributed by atoms with Gasteiger partial charge in [0.25, 0.3) is 11.8 Å². The van der Waals surface area contributed by atoms with Gasteiger partial charge in [-0.3, -0.25) is 9.59 Å². The van der Waals surface area contributed by atoms with Gasteiger partial charge in [0.15, 0.2) is 5.76 Å². The molecule has 1 heterocycles. The van der Waals surface area contributed by atoms with Crippen LogP contribution in [0.5, 0.6) is 11.5 Å². The Morgan fingerprint density at radius 2 is 1.38 bits per heavy atom. The number of carbonyl (C=O) groups is 2. The van der Waals surface area contributed by atoms with Crippen molar-refractivity contribution in [2.24, 2.45) is 0 Å². The van der Waals surface area contributed by atoms with Crippen LogP contribution in [0.2, 0.25) is 0 Å². The third-order valence-corrected chi connectivity index (χ3v) is 5.30. The van der Waals surface area contributed by atoms with Crippen molar-refractivity contribution in [2.75, 3.05) is 19.5 Å². The Balaban J connectivity index is 1.57. The van der Waals surface area contributed by atoms with Crippen LogP contribution in [0.25, 0.3) is 0 Å². The molecule has 0 saturated heterocycles. The molecule has 0 unspecified atom stereocenters. The Morgan fingerprint density at radius 3 is 1.91 bits per heavy atom. The lowest BCUT2D eigenvalue weighted by Crippen LogP contribution is -2.29. The maximum atomic E-state index is 13.2. The molecule has 0 radical (unpaired) electrons. The number of furan rings is 1. The zero-order valence-electron chi connectivity index (χ0n) is 18.8. The number of methoxy groups -OCH3 is 2. The SMILES string of the molecule is COc1ccc(C(NC(=O)c2cccc(NC(=O)c3ccco3)c2)c2ccc(OC)cc2)cc1. The Morgan fingerprint density at radius 1 is 0.765 bits per heavy atom. The molecule has 3 aromatic carbocycles. The van der Waals surface area contributed by atoms with Gasteiger partial charge < -0.3 is 24.5 Å². The summed E-state index contributed by atoms with van der Waals surface area (Å²) >= 11 is 0. The van der Waals surface area contributed by atoms with E-state index in [0.717, 1.165) is 22.6 Å². The highest BCUT2D eigenvalue weighted by molar-refractivity contribution is 6.03. The lowest BCUT2D eigenvalue weighted by Gasteiger charge is -2.21. The first-order valence-corrected chi connectivity index (χ1v) is 10.6. The van der Waals surface area contributed by atoms with Crippen molar-refractivity contribution in [3.63, 3.8) is 0 Å². The quantitative estimate of drug-likeness (QED) is 0.386. The van der Waals surface area contributed by atoms with Crippen LogP contribution in [0.3, 0.4) is 0 Å². The molecular formula is C27H24N2O5. The number of carbonyl (C=O) groups excluding carboxylic acids is 2. The summed E-state index contributed by atoms with van der Waals surface area (Å²) in [7, 11) is 3.21. The van der Waals surface area contributed by atoms with Gasteiger partial charge in [-0.05, 0) is 65.7 Å². The second-order valence-electron chi connectivity index (χ2n) is 7.47. The minimum absolute atomic E-state index is 0.189. The van der Waals surface area contributed by atoms with Crippen molar-refractivity contribution in [3.05, 3.63) is 114 Å². The highest BCUT2D eigenvalue weighted by Crippen LogP contribution is 2.26. The van der Waals surface area contributed by atoms with E-state index in [4.69, 9.17) is 13.9 Å². The monoisotopic (exact) mass is 456 g/mol. The Hall–Kier alpha value is -4.52. The van der Waals surface area contributed by atoms with Crippen LogP contribution in [0.15, 0.2) is 95.6 Å². The van der Waals surface area contributed by atoms with Gasteiger partial charge >= 0.3 is 0 Å². The van der Waals surface area contributed by atoms with Crippen molar-refractivity contribution < 1.29 is 23.5 Å². The van der Waals surface area contributed by atoms with Crippen molar-refractivity contribution in [3.8, 4) is 11.5 Å². The molecule has 34 heavy (non-hydrogen) atoms. The van der Waals surface area contributed by atoms with Crippen LogP contribution in [0, 0.1) is 0 Å². The summed E-state index contributed by atoms with van der Waals surface area (Å²) < 4.78 is 15.6. The van der Waals surface area contributed by atoms with E-state index in [1.807, 2.05) is 48.5 Å². The number of benzene rings is 3. The van der Waals surface area contributed by atoms with E-state index in [1.54, 1.807) is 50.6 Å². The number of hydrogen-bond acceptors (Lipinski definition) is 5. The Labute approximate surface area is 197 Å². The third-order valence-electron chi connectivity index (χ3n) is 5.30. The van der Waals surface area contributed by atoms with Crippen LogP contribution in [0.4, 0.5) is 5.69 Å². The van der Waals surface area contributed by atoms with Gasteiger partial charge in [-0.1, -0.05) is 30.3 Å². The molecule has 0 aliphatic rings. The van der Waals surface area contributed by atoms with Crippen LogP contribution < -0.4 is 20.1 Å². The molecule has 7 nitrogen and oxygen atoms in total. The minimum Gasteiger partial charge on any atom is -0.497 e. The topological polar surface area (TPSA) is 89.8 Å². The van der Waals surface area contributed by atoms with Gasteiger partial charge in [0.05, 0.1) is 26.5 Å². The summed E-state index contributed by atoms with van der Waals surface area (Å²) in [6.45, 7) is 0. The second kappa shape index (κ2) is 10.4. The highest BCUT2D eigenvalue weighted by Gasteiger charge is 2.19. The number of hydrogen-bond donors (Lipinski definition) is 2. The number of nitrogens with one attached hydrogen (secondary N) is 2. The van der Waals surface area contributed by atoms with Crippen molar-refractivity contribution in [1.82, 2.24) is 5.32 Å². The maximum Gasteiger partial charge on any atom is 0.291 e. The number of rotatable bonds is 8. The molecule has 2 N–H and O–H groups in total. The van der Waals surface area contributed by atoms with E-state index >= 15 is 0 Å². The summed E-state index contributed by atoms with van der Waals surface area (Å²) in [5.41, 5.74) is 2.67. The fourth-order valence-corrected chi connectivity index (χ4v) is 3.50. The van der Waals surface area contributed by atoms with Gasteiger partial charge in [-0.25, -0.2) is 0 Å². The Bertz CT molecular complexity index is 1200. The van der Waals surface area contributed by atoms with Gasteiger partial charge in [-0.2, -0.15) is 0 Å². The normalized spacial score (nSPS) is 10.6. The zero-order chi connectivity index (χ0) is 23.9. The van der Waals surface area contributed by atoms with Crippen LogP contribution in [0.1, 0.15) is 38.1 Å². The molecule has 7 heteroatoms. The molecule has 4 rings (SSSR count). The van der Waals surface area contributed by atoms with Gasteiger partial charge in [-0.15, -0.1) is 0 Å².